The Morgan fingerprint density at radius 1 is 1.13 bits per heavy atom. The Bertz CT molecular complexity index is 1480. The summed E-state index contributed by atoms with van der Waals surface area (Å²) >= 11 is 0. The number of hydrogen-bond acceptors (Lipinski definition) is 7. The van der Waals surface area contributed by atoms with Crippen LogP contribution in [0.4, 0.5) is 11.5 Å². The Kier molecular flexibility index (Phi) is 7.41. The van der Waals surface area contributed by atoms with Gasteiger partial charge in [0.2, 0.25) is 11.8 Å². The Balaban J connectivity index is 1.48. The highest BCUT2D eigenvalue weighted by atomic mass is 16.5. The third kappa shape index (κ3) is 5.39. The van der Waals surface area contributed by atoms with Crippen LogP contribution in [0.2, 0.25) is 0 Å². The van der Waals surface area contributed by atoms with Crippen LogP contribution in [0.3, 0.4) is 0 Å². The minimum Gasteiger partial charge on any atom is -0.462 e. The maximum Gasteiger partial charge on any atom is 0.343 e. The SMILES string of the molecule is CCOC(=O)c1cn(-c2ccc(-c3nc4ccc(N)cc4o3)cc2)nc1N(C(=O)C1CCC(C)CC1)C(C)C. The summed E-state index contributed by atoms with van der Waals surface area (Å²) in [4.78, 5) is 32.9. The number of nitrogens with two attached hydrogens (primary N) is 1. The second kappa shape index (κ2) is 10.9. The van der Waals surface area contributed by atoms with E-state index in [9.17, 15) is 9.59 Å². The fourth-order valence-electron chi connectivity index (χ4n) is 5.16. The Labute approximate surface area is 227 Å². The molecule has 0 spiro atoms. The number of anilines is 2. The molecule has 39 heavy (non-hydrogen) atoms. The molecule has 1 amide bonds. The van der Waals surface area contributed by atoms with Gasteiger partial charge in [-0.2, -0.15) is 0 Å². The number of carbonyl (C=O) groups is 2. The number of benzene rings is 2. The van der Waals surface area contributed by atoms with Gasteiger partial charge < -0.3 is 14.9 Å². The quantitative estimate of drug-likeness (QED) is 0.230. The summed E-state index contributed by atoms with van der Waals surface area (Å²) in [6, 6.07) is 12.7. The zero-order valence-electron chi connectivity index (χ0n) is 22.9. The van der Waals surface area contributed by atoms with E-state index in [0.29, 0.717) is 28.9 Å². The van der Waals surface area contributed by atoms with Crippen LogP contribution < -0.4 is 10.6 Å². The van der Waals surface area contributed by atoms with Crippen molar-refractivity contribution >= 4 is 34.5 Å². The van der Waals surface area contributed by atoms with E-state index in [0.717, 1.165) is 42.5 Å². The van der Waals surface area contributed by atoms with Crippen molar-refractivity contribution < 1.29 is 18.7 Å². The molecule has 2 heterocycles. The van der Waals surface area contributed by atoms with E-state index in [2.05, 4.69) is 11.9 Å². The Hall–Kier alpha value is -4.14. The van der Waals surface area contributed by atoms with E-state index in [4.69, 9.17) is 20.0 Å². The number of nitrogens with zero attached hydrogens (tertiary/aromatic N) is 4. The molecule has 2 aromatic heterocycles. The van der Waals surface area contributed by atoms with Gasteiger partial charge in [-0.25, -0.2) is 14.5 Å². The lowest BCUT2D eigenvalue weighted by Gasteiger charge is -2.32. The van der Waals surface area contributed by atoms with Crippen LogP contribution in [0.5, 0.6) is 0 Å². The van der Waals surface area contributed by atoms with Crippen LogP contribution in [0.15, 0.2) is 53.1 Å². The molecule has 2 N–H and O–H groups in total. The summed E-state index contributed by atoms with van der Waals surface area (Å²) in [6.45, 7) is 8.10. The molecule has 0 aliphatic heterocycles. The van der Waals surface area contributed by atoms with E-state index in [1.54, 1.807) is 34.8 Å². The third-order valence-corrected chi connectivity index (χ3v) is 7.33. The molecule has 0 radical (unpaired) electrons. The Morgan fingerprint density at radius 3 is 2.51 bits per heavy atom. The van der Waals surface area contributed by atoms with Crippen molar-refractivity contribution in [2.24, 2.45) is 11.8 Å². The minimum absolute atomic E-state index is 0.0136. The first-order chi connectivity index (χ1) is 18.7. The molecular formula is C30H35N5O4. The molecule has 0 saturated heterocycles. The average molecular weight is 530 g/mol. The van der Waals surface area contributed by atoms with Crippen LogP contribution in [0, 0.1) is 11.8 Å². The van der Waals surface area contributed by atoms with Gasteiger partial charge in [0.25, 0.3) is 0 Å². The smallest absolute Gasteiger partial charge is 0.343 e. The molecule has 5 rings (SSSR count). The highest BCUT2D eigenvalue weighted by Gasteiger charge is 2.34. The van der Waals surface area contributed by atoms with E-state index in [1.165, 1.54) is 0 Å². The molecule has 1 saturated carbocycles. The largest absolute Gasteiger partial charge is 0.462 e. The average Bonchev–Trinajstić information content (AvgIpc) is 3.54. The van der Waals surface area contributed by atoms with Crippen LogP contribution in [-0.2, 0) is 9.53 Å². The summed E-state index contributed by atoms with van der Waals surface area (Å²) < 4.78 is 12.8. The van der Waals surface area contributed by atoms with Crippen molar-refractivity contribution in [1.82, 2.24) is 14.8 Å². The van der Waals surface area contributed by atoms with Crippen LogP contribution in [0.1, 0.15) is 63.7 Å². The standard InChI is InChI=1S/C30H35N5O4/c1-5-38-30(37)24-17-34(33-27(24)35(18(2)3)29(36)21-8-6-19(4)7-9-21)23-13-10-20(11-14-23)28-32-25-15-12-22(31)16-26(25)39-28/h10-19,21H,5-9,31H2,1-4H3. The van der Waals surface area contributed by atoms with Gasteiger partial charge in [0, 0.05) is 35.5 Å². The number of hydrogen-bond donors (Lipinski definition) is 1. The van der Waals surface area contributed by atoms with E-state index >= 15 is 0 Å². The van der Waals surface area contributed by atoms with E-state index in [1.807, 2.05) is 44.2 Å². The molecule has 9 heteroatoms. The number of oxazole rings is 1. The normalized spacial score (nSPS) is 17.5. The molecular weight excluding hydrogens is 494 g/mol. The van der Waals surface area contributed by atoms with Crippen molar-refractivity contribution in [2.75, 3.05) is 17.2 Å². The highest BCUT2D eigenvalue weighted by Crippen LogP contribution is 2.33. The maximum atomic E-state index is 13.7. The van der Waals surface area contributed by atoms with Gasteiger partial charge in [-0.3, -0.25) is 9.69 Å². The fraction of sp³-hybridized carbons (Fsp3) is 0.400. The van der Waals surface area contributed by atoms with Crippen molar-refractivity contribution in [1.29, 1.82) is 0 Å². The molecule has 0 unspecified atom stereocenters. The first-order valence-corrected chi connectivity index (χ1v) is 13.6. The number of rotatable bonds is 7. The van der Waals surface area contributed by atoms with Crippen LogP contribution >= 0.6 is 0 Å². The predicted octanol–water partition coefficient (Wildman–Crippen LogP) is 6.01. The molecule has 0 atom stereocenters. The summed E-state index contributed by atoms with van der Waals surface area (Å²) in [5.74, 6) is 0.875. The first kappa shape index (κ1) is 26.5. The molecule has 0 bridgehead atoms. The van der Waals surface area contributed by atoms with Crippen molar-refractivity contribution in [3.8, 4) is 17.1 Å². The number of nitrogen functional groups attached to an aromatic ring is 1. The molecule has 9 nitrogen and oxygen atoms in total. The van der Waals surface area contributed by atoms with Gasteiger partial charge in [-0.1, -0.05) is 6.92 Å². The summed E-state index contributed by atoms with van der Waals surface area (Å²) in [5.41, 5.74) is 9.60. The number of aromatic nitrogens is 3. The van der Waals surface area contributed by atoms with Crippen molar-refractivity contribution in [3.63, 3.8) is 0 Å². The Morgan fingerprint density at radius 2 is 1.85 bits per heavy atom. The van der Waals surface area contributed by atoms with Gasteiger partial charge >= 0.3 is 5.97 Å². The van der Waals surface area contributed by atoms with Gasteiger partial charge in [0.1, 0.15) is 11.1 Å². The monoisotopic (exact) mass is 529 g/mol. The minimum atomic E-state index is -0.503. The molecule has 1 fully saturated rings. The van der Waals surface area contributed by atoms with Gasteiger partial charge in [-0.05, 0) is 88.8 Å². The second-order valence-electron chi connectivity index (χ2n) is 10.6. The van der Waals surface area contributed by atoms with Crippen LogP contribution in [-0.4, -0.2) is 39.3 Å². The molecule has 204 valence electrons. The van der Waals surface area contributed by atoms with Crippen LogP contribution in [0.25, 0.3) is 28.2 Å². The van der Waals surface area contributed by atoms with E-state index < -0.39 is 5.97 Å². The van der Waals surface area contributed by atoms with Gasteiger partial charge in [0.15, 0.2) is 11.4 Å². The molecule has 4 aromatic rings. The molecule has 2 aromatic carbocycles. The number of amides is 1. The molecule has 1 aliphatic rings. The zero-order valence-corrected chi connectivity index (χ0v) is 22.9. The highest BCUT2D eigenvalue weighted by molar-refractivity contribution is 6.02. The maximum absolute atomic E-state index is 13.7. The lowest BCUT2D eigenvalue weighted by molar-refractivity contribution is -0.124. The number of fused-ring (bicyclic) bond motifs is 1. The zero-order chi connectivity index (χ0) is 27.7. The second-order valence-corrected chi connectivity index (χ2v) is 10.6. The topological polar surface area (TPSA) is 116 Å². The number of ether oxygens (including phenoxy) is 1. The summed E-state index contributed by atoms with van der Waals surface area (Å²) in [5, 5.41) is 4.75. The number of carbonyl (C=O) groups excluding carboxylic acids is 2. The van der Waals surface area contributed by atoms with Gasteiger partial charge in [-0.15, -0.1) is 5.10 Å². The van der Waals surface area contributed by atoms with E-state index in [-0.39, 0.29) is 30.0 Å². The van der Waals surface area contributed by atoms with Crippen molar-refractivity contribution in [3.05, 3.63) is 54.2 Å². The lowest BCUT2D eigenvalue weighted by Crippen LogP contribution is -2.43. The fourth-order valence-corrected chi connectivity index (χ4v) is 5.16. The lowest BCUT2D eigenvalue weighted by atomic mass is 9.82. The van der Waals surface area contributed by atoms with Crippen molar-refractivity contribution in [2.45, 2.75) is 59.4 Å². The summed E-state index contributed by atoms with van der Waals surface area (Å²) in [7, 11) is 0. The number of esters is 1. The molecule has 1 aliphatic carbocycles. The summed E-state index contributed by atoms with van der Waals surface area (Å²) in [6.07, 6.45) is 5.39. The first-order valence-electron chi connectivity index (χ1n) is 13.6. The third-order valence-electron chi connectivity index (χ3n) is 7.33. The predicted molar refractivity (Wildman–Crippen MR) is 151 cm³/mol. The van der Waals surface area contributed by atoms with Gasteiger partial charge in [0.05, 0.1) is 12.3 Å².